The predicted molar refractivity (Wildman–Crippen MR) is 136 cm³/mol. The Morgan fingerprint density at radius 2 is 1.97 bits per heavy atom. The Bertz CT molecular complexity index is 1390. The first kappa shape index (κ1) is 24.3. The van der Waals surface area contributed by atoms with Gasteiger partial charge in [0, 0.05) is 12.6 Å². The van der Waals surface area contributed by atoms with E-state index in [1.165, 1.54) is 6.33 Å². The molecule has 1 aliphatic rings. The number of aliphatic carboxylic acids is 1. The molecule has 0 radical (unpaired) electrons. The fourth-order valence-electron chi connectivity index (χ4n) is 4.51. The summed E-state index contributed by atoms with van der Waals surface area (Å²) in [5.41, 5.74) is 3.75. The molecule has 0 aliphatic heterocycles. The zero-order valence-corrected chi connectivity index (χ0v) is 20.7. The van der Waals surface area contributed by atoms with Crippen molar-refractivity contribution < 1.29 is 14.6 Å². The van der Waals surface area contributed by atoms with Crippen molar-refractivity contribution >= 4 is 11.9 Å². The van der Waals surface area contributed by atoms with Crippen LogP contribution in [0.4, 0.5) is 5.95 Å². The van der Waals surface area contributed by atoms with Gasteiger partial charge in [0.25, 0.3) is 0 Å². The van der Waals surface area contributed by atoms with E-state index in [1.54, 1.807) is 4.68 Å². The summed E-state index contributed by atoms with van der Waals surface area (Å²) in [6.45, 7) is 2.26. The summed E-state index contributed by atoms with van der Waals surface area (Å²) in [6.07, 6.45) is 4.25. The van der Waals surface area contributed by atoms with E-state index in [0.29, 0.717) is 54.0 Å². The number of carboxylic acids is 1. The lowest BCUT2D eigenvalue weighted by molar-refractivity contribution is -0.143. The monoisotopic (exact) mass is 500 g/mol. The molecule has 0 amide bonds. The van der Waals surface area contributed by atoms with Crippen LogP contribution in [0, 0.1) is 12.8 Å². The van der Waals surface area contributed by atoms with Crippen LogP contribution in [-0.4, -0.2) is 52.1 Å². The molecule has 37 heavy (non-hydrogen) atoms. The summed E-state index contributed by atoms with van der Waals surface area (Å²) >= 11 is 0. The Balaban J connectivity index is 1.30. The SMILES string of the molecule is Cc1nc(-c2nnn(C)c2CNc2ncnc(-c3ccccc3)n2)ccc1OC1CCCC(C(=O)O)C1. The molecule has 4 aromatic rings. The van der Waals surface area contributed by atoms with Gasteiger partial charge in [-0.1, -0.05) is 35.5 Å². The van der Waals surface area contributed by atoms with E-state index in [4.69, 9.17) is 9.72 Å². The van der Waals surface area contributed by atoms with Crippen LogP contribution in [-0.2, 0) is 18.4 Å². The molecule has 2 atom stereocenters. The van der Waals surface area contributed by atoms with Crippen LogP contribution in [0.15, 0.2) is 48.8 Å². The van der Waals surface area contributed by atoms with Crippen molar-refractivity contribution in [2.75, 3.05) is 5.32 Å². The molecule has 0 saturated heterocycles. The van der Waals surface area contributed by atoms with Crippen LogP contribution in [0.5, 0.6) is 5.75 Å². The van der Waals surface area contributed by atoms with Crippen molar-refractivity contribution in [3.8, 4) is 28.5 Å². The summed E-state index contributed by atoms with van der Waals surface area (Å²) in [6, 6.07) is 13.4. The number of rotatable bonds is 8. The second-order valence-corrected chi connectivity index (χ2v) is 9.08. The topological polar surface area (TPSA) is 141 Å². The third-order valence-electron chi connectivity index (χ3n) is 6.51. The summed E-state index contributed by atoms with van der Waals surface area (Å²) in [7, 11) is 1.82. The van der Waals surface area contributed by atoms with Crippen LogP contribution in [0.25, 0.3) is 22.8 Å². The third kappa shape index (κ3) is 5.55. The van der Waals surface area contributed by atoms with Gasteiger partial charge in [-0.05, 0) is 44.7 Å². The maximum atomic E-state index is 11.4. The Labute approximate surface area is 214 Å². The summed E-state index contributed by atoms with van der Waals surface area (Å²) < 4.78 is 7.84. The molecule has 0 bridgehead atoms. The van der Waals surface area contributed by atoms with E-state index >= 15 is 0 Å². The molecule has 2 N–H and O–H groups in total. The molecule has 1 saturated carbocycles. The molecule has 0 spiro atoms. The highest BCUT2D eigenvalue weighted by Gasteiger charge is 2.28. The van der Waals surface area contributed by atoms with Gasteiger partial charge >= 0.3 is 5.97 Å². The lowest BCUT2D eigenvalue weighted by Crippen LogP contribution is -2.29. The van der Waals surface area contributed by atoms with Gasteiger partial charge in [0.05, 0.1) is 35.6 Å². The zero-order chi connectivity index (χ0) is 25.8. The number of anilines is 1. The van der Waals surface area contributed by atoms with E-state index in [9.17, 15) is 9.90 Å². The number of aromatic nitrogens is 7. The fraction of sp³-hybridized carbons (Fsp3) is 0.346. The molecule has 1 fully saturated rings. The van der Waals surface area contributed by atoms with Gasteiger partial charge in [0.1, 0.15) is 17.8 Å². The molecule has 5 rings (SSSR count). The maximum Gasteiger partial charge on any atom is 0.306 e. The van der Waals surface area contributed by atoms with Crippen molar-refractivity contribution in [3.63, 3.8) is 0 Å². The average Bonchev–Trinajstić information content (AvgIpc) is 3.29. The molecular weight excluding hydrogens is 472 g/mol. The normalized spacial score (nSPS) is 17.4. The summed E-state index contributed by atoms with van der Waals surface area (Å²) in [4.78, 5) is 29.1. The number of carboxylic acid groups (broad SMARTS) is 1. The van der Waals surface area contributed by atoms with Crippen LogP contribution in [0.2, 0.25) is 0 Å². The molecule has 1 aliphatic carbocycles. The van der Waals surface area contributed by atoms with E-state index in [1.807, 2.05) is 56.4 Å². The van der Waals surface area contributed by atoms with Crippen LogP contribution in [0.1, 0.15) is 37.1 Å². The highest BCUT2D eigenvalue weighted by atomic mass is 16.5. The highest BCUT2D eigenvalue weighted by molar-refractivity contribution is 5.70. The molecule has 3 heterocycles. The molecule has 11 nitrogen and oxygen atoms in total. The number of benzene rings is 1. The second-order valence-electron chi connectivity index (χ2n) is 9.08. The van der Waals surface area contributed by atoms with E-state index < -0.39 is 5.97 Å². The standard InChI is InChI=1S/C26H28N8O3/c1-16-22(37-19-10-6-9-18(13-19)25(35)36)12-11-20(30-16)23-21(34(2)33-32-23)14-27-26-29-15-28-24(31-26)17-7-4-3-5-8-17/h3-5,7-8,11-12,15,18-19H,6,9-10,13-14H2,1-2H3,(H,35,36)(H,27,28,29,31). The smallest absolute Gasteiger partial charge is 0.306 e. The molecule has 190 valence electrons. The Morgan fingerprint density at radius 1 is 1.14 bits per heavy atom. The van der Waals surface area contributed by atoms with Crippen molar-refractivity contribution in [2.24, 2.45) is 13.0 Å². The first-order valence-electron chi connectivity index (χ1n) is 12.2. The number of ether oxygens (including phenoxy) is 1. The van der Waals surface area contributed by atoms with E-state index in [0.717, 1.165) is 24.1 Å². The second kappa shape index (κ2) is 10.7. The van der Waals surface area contributed by atoms with Gasteiger partial charge in [0.2, 0.25) is 5.95 Å². The summed E-state index contributed by atoms with van der Waals surface area (Å²) in [5.74, 6) is 0.579. The van der Waals surface area contributed by atoms with Crippen molar-refractivity contribution in [1.82, 2.24) is 34.9 Å². The third-order valence-corrected chi connectivity index (χ3v) is 6.51. The van der Waals surface area contributed by atoms with Gasteiger partial charge < -0.3 is 15.2 Å². The Morgan fingerprint density at radius 3 is 2.76 bits per heavy atom. The van der Waals surface area contributed by atoms with Gasteiger partial charge in [-0.25, -0.2) is 19.6 Å². The quantitative estimate of drug-likeness (QED) is 0.368. The minimum absolute atomic E-state index is 0.126. The number of hydrogen-bond donors (Lipinski definition) is 2. The van der Waals surface area contributed by atoms with Crippen molar-refractivity contribution in [1.29, 1.82) is 0 Å². The lowest BCUT2D eigenvalue weighted by Gasteiger charge is -2.27. The number of pyridine rings is 1. The van der Waals surface area contributed by atoms with Crippen molar-refractivity contribution in [2.45, 2.75) is 45.3 Å². The lowest BCUT2D eigenvalue weighted by atomic mass is 9.87. The number of aryl methyl sites for hydroxylation is 2. The molecule has 2 unspecified atom stereocenters. The molecule has 1 aromatic carbocycles. The van der Waals surface area contributed by atoms with Crippen LogP contribution < -0.4 is 10.1 Å². The molecule has 11 heteroatoms. The van der Waals surface area contributed by atoms with Gasteiger partial charge in [0.15, 0.2) is 5.82 Å². The largest absolute Gasteiger partial charge is 0.489 e. The summed E-state index contributed by atoms with van der Waals surface area (Å²) in [5, 5.41) is 21.1. The fourth-order valence-corrected chi connectivity index (χ4v) is 4.51. The maximum absolute atomic E-state index is 11.4. The first-order chi connectivity index (χ1) is 18.0. The zero-order valence-electron chi connectivity index (χ0n) is 20.7. The number of hydrogen-bond acceptors (Lipinski definition) is 9. The Kier molecular flexibility index (Phi) is 7.02. The minimum atomic E-state index is -0.754. The molecule has 3 aromatic heterocycles. The highest BCUT2D eigenvalue weighted by Crippen LogP contribution is 2.30. The average molecular weight is 501 g/mol. The van der Waals surface area contributed by atoms with E-state index in [2.05, 4.69) is 30.6 Å². The van der Waals surface area contributed by atoms with Crippen LogP contribution >= 0.6 is 0 Å². The van der Waals surface area contributed by atoms with Gasteiger partial charge in [-0.3, -0.25) is 4.79 Å². The number of nitrogens with zero attached hydrogens (tertiary/aromatic N) is 7. The van der Waals surface area contributed by atoms with Crippen molar-refractivity contribution in [3.05, 3.63) is 60.2 Å². The number of carbonyl (C=O) groups is 1. The minimum Gasteiger partial charge on any atom is -0.489 e. The first-order valence-corrected chi connectivity index (χ1v) is 12.2. The Hall–Kier alpha value is -4.41. The molecular formula is C26H28N8O3. The van der Waals surface area contributed by atoms with Gasteiger partial charge in [-0.2, -0.15) is 4.98 Å². The number of nitrogens with one attached hydrogen (secondary N) is 1. The van der Waals surface area contributed by atoms with Gasteiger partial charge in [-0.15, -0.1) is 5.10 Å². The predicted octanol–water partition coefficient (Wildman–Crippen LogP) is 3.67. The van der Waals surface area contributed by atoms with Crippen LogP contribution in [0.3, 0.4) is 0 Å². The van der Waals surface area contributed by atoms with E-state index in [-0.39, 0.29) is 12.0 Å².